The van der Waals surface area contributed by atoms with Crippen LogP contribution in [-0.2, 0) is 14.4 Å². The minimum Gasteiger partial charge on any atom is -0.378 e. The third kappa shape index (κ3) is 6.98. The van der Waals surface area contributed by atoms with Gasteiger partial charge in [0.15, 0.2) is 0 Å². The second-order valence-electron chi connectivity index (χ2n) is 9.92. The summed E-state index contributed by atoms with van der Waals surface area (Å²) in [5.41, 5.74) is 1.26. The van der Waals surface area contributed by atoms with Gasteiger partial charge in [0.2, 0.25) is 11.8 Å². The van der Waals surface area contributed by atoms with Crippen molar-refractivity contribution in [3.63, 3.8) is 0 Å². The molecule has 2 rings (SSSR count). The maximum Gasteiger partial charge on any atom is 0.452 e. The van der Waals surface area contributed by atoms with E-state index in [4.69, 9.17) is 0 Å². The van der Waals surface area contributed by atoms with Gasteiger partial charge < -0.3 is 20.4 Å². The molecule has 0 spiro atoms. The van der Waals surface area contributed by atoms with Gasteiger partial charge >= 0.3 is 6.18 Å². The first kappa shape index (κ1) is 29.1. The number of hydrogen-bond acceptors (Lipinski definition) is 5. The summed E-state index contributed by atoms with van der Waals surface area (Å²) >= 11 is 0. The van der Waals surface area contributed by atoms with Crippen molar-refractivity contribution in [2.45, 2.75) is 64.8 Å². The van der Waals surface area contributed by atoms with E-state index in [0.717, 1.165) is 5.69 Å². The van der Waals surface area contributed by atoms with Crippen molar-refractivity contribution >= 4 is 29.2 Å². The van der Waals surface area contributed by atoms with E-state index in [1.54, 1.807) is 38.1 Å². The smallest absolute Gasteiger partial charge is 0.378 e. The highest BCUT2D eigenvalue weighted by atomic mass is 19.4. The number of benzene rings is 1. The molecule has 3 atom stereocenters. The molecule has 200 valence electrons. The molecule has 1 aliphatic heterocycles. The summed E-state index contributed by atoms with van der Waals surface area (Å²) in [6.07, 6.45) is -4.38. The van der Waals surface area contributed by atoms with Gasteiger partial charge in [0.05, 0.1) is 6.04 Å². The summed E-state index contributed by atoms with van der Waals surface area (Å²) in [5, 5.41) is 4.94. The zero-order valence-corrected chi connectivity index (χ0v) is 21.5. The third-order valence-corrected chi connectivity index (χ3v) is 6.23. The minimum absolute atomic E-state index is 0.215. The van der Waals surface area contributed by atoms with Crippen LogP contribution in [0.15, 0.2) is 24.3 Å². The Morgan fingerprint density at radius 1 is 0.944 bits per heavy atom. The fourth-order valence-electron chi connectivity index (χ4n) is 4.09. The van der Waals surface area contributed by atoms with Crippen LogP contribution in [0.5, 0.6) is 0 Å². The normalized spacial score (nSPS) is 17.6. The van der Waals surface area contributed by atoms with Crippen LogP contribution in [0.3, 0.4) is 0 Å². The molecule has 0 aliphatic carbocycles. The summed E-state index contributed by atoms with van der Waals surface area (Å²) in [6.45, 7) is 6.52. The van der Waals surface area contributed by atoms with Gasteiger partial charge in [-0.2, -0.15) is 13.2 Å². The van der Waals surface area contributed by atoms with E-state index in [1.807, 2.05) is 19.0 Å². The van der Waals surface area contributed by atoms with Crippen LogP contribution >= 0.6 is 0 Å². The van der Waals surface area contributed by atoms with E-state index < -0.39 is 53.7 Å². The molecule has 0 bridgehead atoms. The average molecular weight is 513 g/mol. The number of halogens is 3. The maximum absolute atomic E-state index is 13.4. The summed E-state index contributed by atoms with van der Waals surface area (Å²) in [5.74, 6) is -4.91. The van der Waals surface area contributed by atoms with E-state index >= 15 is 0 Å². The first-order chi connectivity index (χ1) is 16.6. The predicted molar refractivity (Wildman–Crippen MR) is 129 cm³/mol. The number of likely N-dealkylation sites (tertiary alicyclic amines) is 1. The van der Waals surface area contributed by atoms with Crippen molar-refractivity contribution in [3.8, 4) is 0 Å². The Hall–Kier alpha value is -3.11. The second kappa shape index (κ2) is 11.7. The molecule has 1 aromatic carbocycles. The van der Waals surface area contributed by atoms with Crippen molar-refractivity contribution in [2.75, 3.05) is 25.5 Å². The lowest BCUT2D eigenvalue weighted by molar-refractivity contribution is -0.175. The minimum atomic E-state index is -5.09. The number of anilines is 1. The molecular formula is C25H35F3N4O4. The maximum atomic E-state index is 13.4. The molecule has 11 heteroatoms. The highest BCUT2D eigenvalue weighted by molar-refractivity contribution is 5.99. The number of carbonyl (C=O) groups is 4. The van der Waals surface area contributed by atoms with Gasteiger partial charge in [-0.3, -0.25) is 19.2 Å². The Bertz CT molecular complexity index is 961. The molecular weight excluding hydrogens is 477 g/mol. The monoisotopic (exact) mass is 512 g/mol. The molecule has 1 fully saturated rings. The topological polar surface area (TPSA) is 98.8 Å². The standard InChI is InChI=1S/C25H35F3N4O4/c1-14(2)19(21(33)25(26,27)28)29-23(35)18-8-7-13-32(18)24(36)20(15(3)4)30-22(34)16-9-11-17(12-10-16)31(5)6/h9-12,14-15,18-20H,7-8,13H2,1-6H3,(H,29,35)(H,30,34)/t18-,19?,20-/m0/s1. The van der Waals surface area contributed by atoms with E-state index in [9.17, 15) is 32.3 Å². The molecule has 1 aliphatic rings. The number of nitrogens with zero attached hydrogens (tertiary/aromatic N) is 2. The highest BCUT2D eigenvalue weighted by Gasteiger charge is 2.46. The Morgan fingerprint density at radius 3 is 1.97 bits per heavy atom. The van der Waals surface area contributed by atoms with Gasteiger partial charge in [0.1, 0.15) is 12.1 Å². The molecule has 1 saturated heterocycles. The van der Waals surface area contributed by atoms with Crippen molar-refractivity contribution in [1.82, 2.24) is 15.5 Å². The highest BCUT2D eigenvalue weighted by Crippen LogP contribution is 2.24. The second-order valence-corrected chi connectivity index (χ2v) is 9.92. The predicted octanol–water partition coefficient (Wildman–Crippen LogP) is 2.77. The van der Waals surface area contributed by atoms with Crippen LogP contribution in [0.1, 0.15) is 50.9 Å². The lowest BCUT2D eigenvalue weighted by Crippen LogP contribution is -2.58. The molecule has 0 aromatic heterocycles. The zero-order chi connectivity index (χ0) is 27.4. The van der Waals surface area contributed by atoms with Gasteiger partial charge in [0, 0.05) is 31.9 Å². The van der Waals surface area contributed by atoms with E-state index in [2.05, 4.69) is 10.6 Å². The number of amides is 3. The Morgan fingerprint density at radius 2 is 1.50 bits per heavy atom. The van der Waals surface area contributed by atoms with Crippen molar-refractivity contribution < 1.29 is 32.3 Å². The van der Waals surface area contributed by atoms with E-state index in [1.165, 1.54) is 18.7 Å². The van der Waals surface area contributed by atoms with Crippen molar-refractivity contribution in [1.29, 1.82) is 0 Å². The Balaban J connectivity index is 2.17. The van der Waals surface area contributed by atoms with Gasteiger partial charge in [0.25, 0.3) is 11.7 Å². The number of hydrogen-bond donors (Lipinski definition) is 2. The molecule has 1 unspecified atom stereocenters. The van der Waals surface area contributed by atoms with E-state index in [0.29, 0.717) is 12.0 Å². The molecule has 1 heterocycles. The molecule has 2 N–H and O–H groups in total. The number of alkyl halides is 3. The number of ketones is 1. The largest absolute Gasteiger partial charge is 0.452 e. The number of rotatable bonds is 9. The Labute approximate surface area is 209 Å². The fraction of sp³-hybridized carbons (Fsp3) is 0.600. The first-order valence-electron chi connectivity index (χ1n) is 11.9. The van der Waals surface area contributed by atoms with Gasteiger partial charge in [-0.05, 0) is 48.9 Å². The molecule has 36 heavy (non-hydrogen) atoms. The van der Waals surface area contributed by atoms with Crippen LogP contribution in [0.2, 0.25) is 0 Å². The Kier molecular flexibility index (Phi) is 9.51. The van der Waals surface area contributed by atoms with Crippen molar-refractivity contribution in [3.05, 3.63) is 29.8 Å². The third-order valence-electron chi connectivity index (χ3n) is 6.23. The van der Waals surface area contributed by atoms with Gasteiger partial charge in [-0.1, -0.05) is 27.7 Å². The first-order valence-corrected chi connectivity index (χ1v) is 11.9. The number of nitrogens with one attached hydrogen (secondary N) is 2. The fourth-order valence-corrected chi connectivity index (χ4v) is 4.09. The van der Waals surface area contributed by atoms with Gasteiger partial charge in [-0.25, -0.2) is 0 Å². The molecule has 1 aromatic rings. The number of Topliss-reactive ketones (excluding diaryl/α,β-unsaturated/α-hetero) is 1. The van der Waals surface area contributed by atoms with Crippen LogP contribution in [0.4, 0.5) is 18.9 Å². The molecule has 0 radical (unpaired) electrons. The molecule has 0 saturated carbocycles. The number of carbonyl (C=O) groups excluding carboxylic acids is 4. The lowest BCUT2D eigenvalue weighted by atomic mass is 9.98. The van der Waals surface area contributed by atoms with Crippen LogP contribution in [-0.4, -0.2) is 73.3 Å². The summed E-state index contributed by atoms with van der Waals surface area (Å²) in [6, 6.07) is 3.10. The molecule has 3 amide bonds. The van der Waals surface area contributed by atoms with E-state index in [-0.39, 0.29) is 18.9 Å². The summed E-state index contributed by atoms with van der Waals surface area (Å²) in [4.78, 5) is 54.1. The summed E-state index contributed by atoms with van der Waals surface area (Å²) in [7, 11) is 3.74. The zero-order valence-electron chi connectivity index (χ0n) is 21.5. The van der Waals surface area contributed by atoms with Crippen LogP contribution in [0.25, 0.3) is 0 Å². The summed E-state index contributed by atoms with van der Waals surface area (Å²) < 4.78 is 39.0. The molecule has 8 nitrogen and oxygen atoms in total. The lowest BCUT2D eigenvalue weighted by Gasteiger charge is -2.32. The van der Waals surface area contributed by atoms with Crippen molar-refractivity contribution in [2.24, 2.45) is 11.8 Å². The average Bonchev–Trinajstić information content (AvgIpc) is 3.29. The van der Waals surface area contributed by atoms with Crippen LogP contribution in [0, 0.1) is 11.8 Å². The van der Waals surface area contributed by atoms with Gasteiger partial charge in [-0.15, -0.1) is 0 Å². The van der Waals surface area contributed by atoms with Crippen LogP contribution < -0.4 is 15.5 Å². The SMILES string of the molecule is CC(C)C(NC(=O)[C@@H]1CCCN1C(=O)[C@@H](NC(=O)c1ccc(N(C)C)cc1)C(C)C)C(=O)C(F)(F)F. The quantitative estimate of drug-likeness (QED) is 0.530.